The van der Waals surface area contributed by atoms with E-state index in [2.05, 4.69) is 47.8 Å². The lowest BCUT2D eigenvalue weighted by molar-refractivity contribution is 0.546. The average molecular weight is 1110 g/mol. The van der Waals surface area contributed by atoms with Crippen molar-refractivity contribution >= 4 is 96.7 Å². The Balaban J connectivity index is 0.000000207. The highest BCUT2D eigenvalue weighted by atomic mass is 79.9. The minimum absolute atomic E-state index is 0.509. The normalized spacial score (nSPS) is 13.4. The summed E-state index contributed by atoms with van der Waals surface area (Å²) in [7, 11) is -13.6. The first-order chi connectivity index (χ1) is 29.8. The summed E-state index contributed by atoms with van der Waals surface area (Å²) in [6.07, 6.45) is 10.6. The molecule has 6 rings (SSSR count). The number of hydrogen-bond donors (Lipinski definition) is 0. The van der Waals surface area contributed by atoms with Gasteiger partial charge in [0.05, 0.1) is 17.3 Å². The standard InChI is InChI=1S/3C16H14BrFO2S/c3*17-16-10-7-13(8-11-16)6-9-15(12-21(18,19)20)14-4-2-1-3-5-14/h3*1-11,15H,12H2/b3*9-6+/t3*15-/m110/s1. The molecule has 0 aliphatic carbocycles. The molecule has 6 aromatic rings. The first kappa shape index (κ1) is 51.3. The summed E-state index contributed by atoms with van der Waals surface area (Å²) in [5.74, 6) is -3.18. The van der Waals surface area contributed by atoms with Crippen LogP contribution in [0.15, 0.2) is 195 Å². The lowest BCUT2D eigenvalue weighted by Crippen LogP contribution is -2.08. The van der Waals surface area contributed by atoms with E-state index >= 15 is 0 Å². The number of benzene rings is 6. The average Bonchev–Trinajstić information content (AvgIpc) is 3.24. The molecule has 0 aromatic heterocycles. The van der Waals surface area contributed by atoms with Crippen LogP contribution in [0.3, 0.4) is 0 Å². The van der Waals surface area contributed by atoms with Gasteiger partial charge in [-0.05, 0) is 69.8 Å². The van der Waals surface area contributed by atoms with E-state index in [0.29, 0.717) is 0 Å². The maximum absolute atomic E-state index is 13.0. The van der Waals surface area contributed by atoms with Crippen molar-refractivity contribution in [2.45, 2.75) is 17.8 Å². The molecule has 0 heterocycles. The van der Waals surface area contributed by atoms with E-state index in [0.717, 1.165) is 46.8 Å². The van der Waals surface area contributed by atoms with Crippen LogP contribution in [0.5, 0.6) is 0 Å². The molecule has 0 saturated carbocycles. The molecular formula is C48H42Br3F3O6S3. The Labute approximate surface area is 394 Å². The Kier molecular flexibility index (Phi) is 20.5. The molecule has 3 atom stereocenters. The van der Waals surface area contributed by atoms with Crippen LogP contribution in [0.25, 0.3) is 18.2 Å². The Bertz CT molecular complexity index is 2440. The van der Waals surface area contributed by atoms with Crippen molar-refractivity contribution in [2.24, 2.45) is 0 Å². The molecule has 6 nitrogen and oxygen atoms in total. The van der Waals surface area contributed by atoms with Gasteiger partial charge in [-0.15, -0.1) is 11.7 Å². The predicted molar refractivity (Wildman–Crippen MR) is 262 cm³/mol. The summed E-state index contributed by atoms with van der Waals surface area (Å²) >= 11 is 10.0. The van der Waals surface area contributed by atoms with Crippen LogP contribution in [0.2, 0.25) is 0 Å². The van der Waals surface area contributed by atoms with E-state index in [4.69, 9.17) is 0 Å². The molecule has 0 saturated heterocycles. The van der Waals surface area contributed by atoms with Crippen LogP contribution in [-0.4, -0.2) is 42.5 Å². The molecule has 63 heavy (non-hydrogen) atoms. The van der Waals surface area contributed by atoms with Crippen molar-refractivity contribution in [3.63, 3.8) is 0 Å². The van der Waals surface area contributed by atoms with Gasteiger partial charge in [0, 0.05) is 31.2 Å². The fourth-order valence-corrected chi connectivity index (χ4v) is 8.93. The molecule has 6 aromatic carbocycles. The molecule has 0 bridgehead atoms. The van der Waals surface area contributed by atoms with Crippen molar-refractivity contribution < 1.29 is 36.9 Å². The highest BCUT2D eigenvalue weighted by Crippen LogP contribution is 2.25. The van der Waals surface area contributed by atoms with Gasteiger partial charge < -0.3 is 0 Å². The summed E-state index contributed by atoms with van der Waals surface area (Å²) in [6.45, 7) is 0. The van der Waals surface area contributed by atoms with Gasteiger partial charge in [0.1, 0.15) is 0 Å². The first-order valence-corrected chi connectivity index (χ1v) is 26.1. The van der Waals surface area contributed by atoms with Crippen LogP contribution in [0.4, 0.5) is 11.7 Å². The lowest BCUT2D eigenvalue weighted by atomic mass is 10.00. The lowest BCUT2D eigenvalue weighted by Gasteiger charge is -2.10. The highest BCUT2D eigenvalue weighted by Gasteiger charge is 2.19. The van der Waals surface area contributed by atoms with Gasteiger partial charge in [-0.1, -0.05) is 212 Å². The fraction of sp³-hybridized carbons (Fsp3) is 0.125. The topological polar surface area (TPSA) is 102 Å². The van der Waals surface area contributed by atoms with E-state index in [-0.39, 0.29) is 0 Å². The summed E-state index contributed by atoms with van der Waals surface area (Å²) in [5.41, 5.74) is 5.09. The Morgan fingerprint density at radius 1 is 0.349 bits per heavy atom. The van der Waals surface area contributed by atoms with Gasteiger partial charge in [0.25, 0.3) is 0 Å². The maximum atomic E-state index is 13.0. The molecular weight excluding hydrogens is 1070 g/mol. The fourth-order valence-electron chi connectivity index (χ4n) is 5.94. The molecule has 0 aliphatic rings. The number of hydrogen-bond acceptors (Lipinski definition) is 6. The second kappa shape index (κ2) is 25.2. The summed E-state index contributed by atoms with van der Waals surface area (Å²) in [6, 6.07) is 49.8. The minimum atomic E-state index is -4.54. The third-order valence-electron chi connectivity index (χ3n) is 8.99. The molecule has 15 heteroatoms. The molecule has 0 spiro atoms. The molecule has 0 unspecified atom stereocenters. The zero-order chi connectivity index (χ0) is 45.9. The summed E-state index contributed by atoms with van der Waals surface area (Å²) in [5, 5.41) is 0. The largest absolute Gasteiger partial charge is 0.303 e. The van der Waals surface area contributed by atoms with Crippen molar-refractivity contribution in [3.8, 4) is 0 Å². The van der Waals surface area contributed by atoms with Crippen molar-refractivity contribution in [2.75, 3.05) is 17.3 Å². The molecule has 0 radical (unpaired) electrons. The van der Waals surface area contributed by atoms with E-state index in [1.807, 2.05) is 91.0 Å². The quantitative estimate of drug-likeness (QED) is 0.0949. The van der Waals surface area contributed by atoms with Gasteiger partial charge in [-0.25, -0.2) is 0 Å². The van der Waals surface area contributed by atoms with Crippen LogP contribution < -0.4 is 0 Å². The highest BCUT2D eigenvalue weighted by molar-refractivity contribution is 9.11. The number of rotatable bonds is 15. The van der Waals surface area contributed by atoms with Gasteiger partial charge in [-0.3, -0.25) is 0 Å². The third-order valence-corrected chi connectivity index (χ3v) is 12.8. The maximum Gasteiger partial charge on any atom is 0.303 e. The van der Waals surface area contributed by atoms with Crippen LogP contribution >= 0.6 is 47.8 Å². The van der Waals surface area contributed by atoms with Crippen LogP contribution in [0.1, 0.15) is 51.1 Å². The Morgan fingerprint density at radius 2 is 0.556 bits per heavy atom. The molecule has 330 valence electrons. The van der Waals surface area contributed by atoms with E-state index < -0.39 is 65.7 Å². The molecule has 0 N–H and O–H groups in total. The zero-order valence-corrected chi connectivity index (χ0v) is 40.6. The number of halogens is 6. The van der Waals surface area contributed by atoms with Crippen LogP contribution in [-0.2, 0) is 30.7 Å². The summed E-state index contributed by atoms with van der Waals surface area (Å²) < 4.78 is 108. The van der Waals surface area contributed by atoms with Gasteiger partial charge >= 0.3 is 30.7 Å². The van der Waals surface area contributed by atoms with Crippen molar-refractivity contribution in [1.82, 2.24) is 0 Å². The Morgan fingerprint density at radius 3 is 0.746 bits per heavy atom. The van der Waals surface area contributed by atoms with Crippen molar-refractivity contribution in [1.29, 1.82) is 0 Å². The molecule has 0 amide bonds. The zero-order valence-electron chi connectivity index (χ0n) is 33.3. The molecule has 0 fully saturated rings. The summed E-state index contributed by atoms with van der Waals surface area (Å²) in [4.78, 5) is 0. The third kappa shape index (κ3) is 21.2. The van der Waals surface area contributed by atoms with Crippen LogP contribution in [0, 0.1) is 0 Å². The molecule has 0 aliphatic heterocycles. The Hall–Kier alpha value is -4.38. The monoisotopic (exact) mass is 1100 g/mol. The van der Waals surface area contributed by atoms with E-state index in [1.54, 1.807) is 109 Å². The van der Waals surface area contributed by atoms with Gasteiger partial charge in [0.15, 0.2) is 0 Å². The van der Waals surface area contributed by atoms with Crippen molar-refractivity contribution in [3.05, 3.63) is 229 Å². The van der Waals surface area contributed by atoms with Gasteiger partial charge in [-0.2, -0.15) is 25.3 Å². The van der Waals surface area contributed by atoms with E-state index in [1.165, 1.54) is 0 Å². The van der Waals surface area contributed by atoms with E-state index in [9.17, 15) is 36.9 Å². The smallest absolute Gasteiger partial charge is 0.195 e. The SMILES string of the molecule is O=S(=O)(F)C[C@@H](/C=C/c1ccc(Br)cc1)c1ccccc1.O=S(=O)(F)C[C@@H](/C=C/c1ccc(Br)cc1)c1ccccc1.O=S(=O)(F)C[C@H](/C=C/c1ccc(Br)cc1)c1ccccc1. The van der Waals surface area contributed by atoms with Gasteiger partial charge in [0.2, 0.25) is 0 Å². The number of allylic oxidation sites excluding steroid dienone is 3. The minimum Gasteiger partial charge on any atom is -0.195 e. The first-order valence-electron chi connectivity index (χ1n) is 19.0. The second-order valence-corrected chi connectivity index (χ2v) is 20.9. The predicted octanol–water partition coefficient (Wildman–Crippen LogP) is 13.6. The second-order valence-electron chi connectivity index (χ2n) is 13.9.